The standard InChI is InChI=1S/C18H26N4OS/c1-3-4-11-22(15-7-9-19-10-8-15)18(23)20-14-5-6-17-16(12-14)13(2)21-24-17/h5-6,12,15,19H,3-4,7-11H2,1-2H3,(H,20,23). The number of nitrogens with one attached hydrogen (secondary N) is 2. The van der Waals surface area contributed by atoms with Crippen molar-refractivity contribution in [3.8, 4) is 0 Å². The fourth-order valence-electron chi connectivity index (χ4n) is 3.23. The van der Waals surface area contributed by atoms with Crippen LogP contribution in [0, 0.1) is 6.92 Å². The molecule has 130 valence electrons. The maximum atomic E-state index is 12.9. The SMILES string of the molecule is CCCCN(C(=O)Nc1ccc2snc(C)c2c1)C1CCNCC1. The smallest absolute Gasteiger partial charge is 0.321 e. The predicted molar refractivity (Wildman–Crippen MR) is 101 cm³/mol. The van der Waals surface area contributed by atoms with Crippen molar-refractivity contribution in [2.75, 3.05) is 25.0 Å². The van der Waals surface area contributed by atoms with Gasteiger partial charge in [-0.2, -0.15) is 4.37 Å². The Bertz CT molecular complexity index is 693. The molecule has 1 aromatic carbocycles. The average molecular weight is 347 g/mol. The van der Waals surface area contributed by atoms with Crippen LogP contribution in [0.2, 0.25) is 0 Å². The molecule has 1 aromatic heterocycles. The Morgan fingerprint density at radius 1 is 1.42 bits per heavy atom. The van der Waals surface area contributed by atoms with Crippen LogP contribution in [0.25, 0.3) is 10.1 Å². The molecule has 0 unspecified atom stereocenters. The molecule has 5 nitrogen and oxygen atoms in total. The number of piperidine rings is 1. The van der Waals surface area contributed by atoms with Gasteiger partial charge in [0.2, 0.25) is 0 Å². The number of hydrogen-bond acceptors (Lipinski definition) is 4. The Kier molecular flexibility index (Phi) is 5.68. The lowest BCUT2D eigenvalue weighted by Gasteiger charge is -2.34. The van der Waals surface area contributed by atoms with Crippen LogP contribution >= 0.6 is 11.5 Å². The lowest BCUT2D eigenvalue weighted by atomic mass is 10.0. The van der Waals surface area contributed by atoms with E-state index in [0.717, 1.165) is 66.8 Å². The number of hydrogen-bond donors (Lipinski definition) is 2. The number of unbranched alkanes of at least 4 members (excludes halogenated alkanes) is 1. The van der Waals surface area contributed by atoms with E-state index in [1.54, 1.807) is 0 Å². The number of urea groups is 1. The minimum absolute atomic E-state index is 0.0236. The molecule has 0 aliphatic carbocycles. The summed E-state index contributed by atoms with van der Waals surface area (Å²) in [4.78, 5) is 14.9. The van der Waals surface area contributed by atoms with Gasteiger partial charge in [-0.15, -0.1) is 0 Å². The number of carbonyl (C=O) groups is 1. The number of benzene rings is 1. The summed E-state index contributed by atoms with van der Waals surface area (Å²) >= 11 is 1.50. The Balaban J connectivity index is 1.73. The van der Waals surface area contributed by atoms with Crippen molar-refractivity contribution in [3.63, 3.8) is 0 Å². The highest BCUT2D eigenvalue weighted by atomic mass is 32.1. The van der Waals surface area contributed by atoms with Gasteiger partial charge in [-0.1, -0.05) is 13.3 Å². The van der Waals surface area contributed by atoms with Crippen molar-refractivity contribution in [2.24, 2.45) is 0 Å². The second-order valence-electron chi connectivity index (χ2n) is 6.44. The summed E-state index contributed by atoms with van der Waals surface area (Å²) in [6.45, 7) is 6.98. The lowest BCUT2D eigenvalue weighted by molar-refractivity contribution is 0.169. The molecular weight excluding hydrogens is 320 g/mol. The number of aryl methyl sites for hydroxylation is 1. The second-order valence-corrected chi connectivity index (χ2v) is 7.24. The van der Waals surface area contributed by atoms with Crippen molar-refractivity contribution < 1.29 is 4.79 Å². The van der Waals surface area contributed by atoms with Crippen molar-refractivity contribution >= 4 is 33.3 Å². The van der Waals surface area contributed by atoms with Crippen LogP contribution in [-0.4, -0.2) is 41.0 Å². The molecule has 1 fully saturated rings. The Labute approximate surface area is 147 Å². The number of aromatic nitrogens is 1. The first-order chi connectivity index (χ1) is 11.7. The molecule has 0 saturated carbocycles. The number of rotatable bonds is 5. The first-order valence-electron chi connectivity index (χ1n) is 8.83. The van der Waals surface area contributed by atoms with E-state index in [4.69, 9.17) is 0 Å². The third-order valence-corrected chi connectivity index (χ3v) is 5.58. The fraction of sp³-hybridized carbons (Fsp3) is 0.556. The predicted octanol–water partition coefficient (Wildman–Crippen LogP) is 3.99. The van der Waals surface area contributed by atoms with Crippen molar-refractivity contribution in [1.29, 1.82) is 0 Å². The molecule has 6 heteroatoms. The summed E-state index contributed by atoms with van der Waals surface area (Å²) < 4.78 is 5.54. The molecule has 1 aliphatic rings. The van der Waals surface area contributed by atoms with E-state index in [9.17, 15) is 4.79 Å². The average Bonchev–Trinajstić information content (AvgIpc) is 2.97. The molecule has 0 bridgehead atoms. The topological polar surface area (TPSA) is 57.3 Å². The number of anilines is 1. The van der Waals surface area contributed by atoms with Gasteiger partial charge < -0.3 is 15.5 Å². The van der Waals surface area contributed by atoms with E-state index in [0.29, 0.717) is 6.04 Å². The molecule has 2 heterocycles. The lowest BCUT2D eigenvalue weighted by Crippen LogP contribution is -2.48. The van der Waals surface area contributed by atoms with Gasteiger partial charge in [0.15, 0.2) is 0 Å². The van der Waals surface area contributed by atoms with Crippen LogP contribution < -0.4 is 10.6 Å². The van der Waals surface area contributed by atoms with Crippen molar-refractivity contribution in [1.82, 2.24) is 14.6 Å². The zero-order chi connectivity index (χ0) is 16.9. The van der Waals surface area contributed by atoms with Gasteiger partial charge in [0, 0.05) is 23.7 Å². The number of fused-ring (bicyclic) bond motifs is 1. The van der Waals surface area contributed by atoms with E-state index in [-0.39, 0.29) is 6.03 Å². The van der Waals surface area contributed by atoms with Gasteiger partial charge >= 0.3 is 6.03 Å². The van der Waals surface area contributed by atoms with Gasteiger partial charge in [0.05, 0.1) is 10.4 Å². The largest absolute Gasteiger partial charge is 0.322 e. The van der Waals surface area contributed by atoms with E-state index < -0.39 is 0 Å². The van der Waals surface area contributed by atoms with Gasteiger partial charge in [0.25, 0.3) is 0 Å². The zero-order valence-electron chi connectivity index (χ0n) is 14.5. The van der Waals surface area contributed by atoms with Crippen molar-refractivity contribution in [3.05, 3.63) is 23.9 Å². The molecule has 1 aliphatic heterocycles. The minimum Gasteiger partial charge on any atom is -0.321 e. The van der Waals surface area contributed by atoms with Crippen LogP contribution in [0.4, 0.5) is 10.5 Å². The normalized spacial score (nSPS) is 15.6. The zero-order valence-corrected chi connectivity index (χ0v) is 15.3. The molecule has 24 heavy (non-hydrogen) atoms. The number of nitrogens with zero attached hydrogens (tertiary/aromatic N) is 2. The van der Waals surface area contributed by atoms with Crippen LogP contribution in [0.5, 0.6) is 0 Å². The monoisotopic (exact) mass is 346 g/mol. The molecule has 2 amide bonds. The summed E-state index contributed by atoms with van der Waals surface area (Å²) in [5.74, 6) is 0. The minimum atomic E-state index is 0.0236. The van der Waals surface area contributed by atoms with E-state index in [2.05, 4.69) is 21.9 Å². The fourth-order valence-corrected chi connectivity index (χ4v) is 4.00. The molecule has 0 radical (unpaired) electrons. The van der Waals surface area contributed by atoms with Crippen molar-refractivity contribution in [2.45, 2.75) is 45.6 Å². The molecule has 3 rings (SSSR count). The van der Waals surface area contributed by atoms with Gasteiger partial charge in [-0.05, 0) is 69.0 Å². The van der Waals surface area contributed by atoms with Gasteiger partial charge in [0.1, 0.15) is 0 Å². The molecule has 2 N–H and O–H groups in total. The second kappa shape index (κ2) is 7.94. The third-order valence-electron chi connectivity index (χ3n) is 4.66. The molecular formula is C18H26N4OS. The summed E-state index contributed by atoms with van der Waals surface area (Å²) in [5, 5.41) is 7.60. The highest BCUT2D eigenvalue weighted by molar-refractivity contribution is 7.13. The first kappa shape index (κ1) is 17.2. The summed E-state index contributed by atoms with van der Waals surface area (Å²) in [6.07, 6.45) is 4.21. The third kappa shape index (κ3) is 3.87. The van der Waals surface area contributed by atoms with E-state index >= 15 is 0 Å². The Hall–Kier alpha value is -1.66. The Morgan fingerprint density at radius 3 is 2.96 bits per heavy atom. The first-order valence-corrected chi connectivity index (χ1v) is 9.60. The molecule has 1 saturated heterocycles. The number of amides is 2. The highest BCUT2D eigenvalue weighted by Crippen LogP contribution is 2.26. The van der Waals surface area contributed by atoms with Gasteiger partial charge in [-0.3, -0.25) is 0 Å². The van der Waals surface area contributed by atoms with Crippen LogP contribution in [0.1, 0.15) is 38.3 Å². The Morgan fingerprint density at radius 2 is 2.21 bits per heavy atom. The van der Waals surface area contributed by atoms with E-state index in [1.807, 2.05) is 30.0 Å². The molecule has 0 spiro atoms. The molecule has 0 atom stereocenters. The van der Waals surface area contributed by atoms with Crippen LogP contribution in [0.3, 0.4) is 0 Å². The van der Waals surface area contributed by atoms with Gasteiger partial charge in [-0.25, -0.2) is 4.79 Å². The highest BCUT2D eigenvalue weighted by Gasteiger charge is 2.25. The maximum Gasteiger partial charge on any atom is 0.322 e. The summed E-state index contributed by atoms with van der Waals surface area (Å²) in [7, 11) is 0. The molecule has 2 aromatic rings. The summed E-state index contributed by atoms with van der Waals surface area (Å²) in [5.41, 5.74) is 1.87. The van der Waals surface area contributed by atoms with Crippen LogP contribution in [-0.2, 0) is 0 Å². The quantitative estimate of drug-likeness (QED) is 0.860. The maximum absolute atomic E-state index is 12.9. The number of carbonyl (C=O) groups excluding carboxylic acids is 1. The van der Waals surface area contributed by atoms with Crippen LogP contribution in [0.15, 0.2) is 18.2 Å². The van der Waals surface area contributed by atoms with E-state index in [1.165, 1.54) is 11.5 Å². The summed E-state index contributed by atoms with van der Waals surface area (Å²) in [6, 6.07) is 6.41.